The number of alkyl carbamates (subject to hydrolysis) is 1. The molecule has 162 valence electrons. The number of carbonyl (C=O) groups is 3. The lowest BCUT2D eigenvalue weighted by Crippen LogP contribution is -2.46. The van der Waals surface area contributed by atoms with Crippen molar-refractivity contribution in [3.8, 4) is 11.1 Å². The van der Waals surface area contributed by atoms with Crippen molar-refractivity contribution in [2.75, 3.05) is 19.7 Å². The molecule has 1 fully saturated rings. The number of aliphatic carboxylic acids is 1. The largest absolute Gasteiger partial charge is 0.481 e. The zero-order valence-electron chi connectivity index (χ0n) is 17.4. The predicted molar refractivity (Wildman–Crippen MR) is 115 cm³/mol. The van der Waals surface area contributed by atoms with Gasteiger partial charge in [0.1, 0.15) is 12.6 Å². The van der Waals surface area contributed by atoms with Gasteiger partial charge in [-0.15, -0.1) is 0 Å². The lowest BCUT2D eigenvalue weighted by molar-refractivity contribution is -0.138. The van der Waals surface area contributed by atoms with Crippen LogP contribution < -0.4 is 5.32 Å². The van der Waals surface area contributed by atoms with Gasteiger partial charge >= 0.3 is 12.1 Å². The van der Waals surface area contributed by atoms with Gasteiger partial charge in [-0.2, -0.15) is 0 Å². The fourth-order valence-electron chi connectivity index (χ4n) is 4.60. The molecule has 0 saturated carbocycles. The number of benzene rings is 2. The van der Waals surface area contributed by atoms with Gasteiger partial charge in [-0.1, -0.05) is 48.5 Å². The average Bonchev–Trinajstić information content (AvgIpc) is 3.34. The van der Waals surface area contributed by atoms with Crippen molar-refractivity contribution in [3.63, 3.8) is 0 Å². The molecule has 2 atom stereocenters. The van der Waals surface area contributed by atoms with Gasteiger partial charge in [-0.3, -0.25) is 9.59 Å². The Balaban J connectivity index is 1.33. The number of hydrogen-bond donors (Lipinski definition) is 2. The second-order valence-corrected chi connectivity index (χ2v) is 8.23. The van der Waals surface area contributed by atoms with Crippen molar-refractivity contribution in [1.29, 1.82) is 0 Å². The van der Waals surface area contributed by atoms with E-state index in [1.165, 1.54) is 0 Å². The van der Waals surface area contributed by atoms with Crippen LogP contribution in [0, 0.1) is 5.92 Å². The minimum absolute atomic E-state index is 0.0388. The quantitative estimate of drug-likeness (QED) is 0.745. The van der Waals surface area contributed by atoms with E-state index < -0.39 is 18.1 Å². The Kier molecular flexibility index (Phi) is 5.93. The third-order valence-electron chi connectivity index (χ3n) is 6.11. The molecule has 4 rings (SSSR count). The summed E-state index contributed by atoms with van der Waals surface area (Å²) in [5, 5.41) is 11.5. The number of likely N-dealkylation sites (tertiary alicyclic amines) is 1. The molecule has 0 radical (unpaired) electrons. The van der Waals surface area contributed by atoms with Crippen LogP contribution in [0.1, 0.15) is 36.8 Å². The van der Waals surface area contributed by atoms with Crippen molar-refractivity contribution in [2.24, 2.45) is 5.92 Å². The van der Waals surface area contributed by atoms with E-state index in [-0.39, 0.29) is 30.8 Å². The van der Waals surface area contributed by atoms with E-state index in [0.29, 0.717) is 19.5 Å². The molecule has 2 aliphatic rings. The van der Waals surface area contributed by atoms with Crippen molar-refractivity contribution >= 4 is 18.0 Å². The average molecular weight is 422 g/mol. The molecule has 0 bridgehead atoms. The van der Waals surface area contributed by atoms with Crippen LogP contribution in [-0.4, -0.2) is 53.7 Å². The zero-order valence-corrected chi connectivity index (χ0v) is 17.4. The molecular formula is C24H26N2O5. The smallest absolute Gasteiger partial charge is 0.407 e. The summed E-state index contributed by atoms with van der Waals surface area (Å²) in [6.07, 6.45) is 0.0808. The van der Waals surface area contributed by atoms with Crippen LogP contribution in [0.15, 0.2) is 48.5 Å². The maximum Gasteiger partial charge on any atom is 0.407 e. The van der Waals surface area contributed by atoms with Gasteiger partial charge in [-0.05, 0) is 41.5 Å². The number of ether oxygens (including phenoxy) is 1. The number of carboxylic acid groups (broad SMARTS) is 1. The second-order valence-electron chi connectivity index (χ2n) is 8.23. The van der Waals surface area contributed by atoms with Crippen molar-refractivity contribution in [3.05, 3.63) is 59.7 Å². The molecule has 1 aliphatic heterocycles. The zero-order chi connectivity index (χ0) is 22.0. The van der Waals surface area contributed by atoms with E-state index in [1.807, 2.05) is 36.4 Å². The fraction of sp³-hybridized carbons (Fsp3) is 0.375. The molecule has 1 aliphatic carbocycles. The van der Waals surface area contributed by atoms with Crippen LogP contribution in [0.5, 0.6) is 0 Å². The third-order valence-corrected chi connectivity index (χ3v) is 6.11. The minimum Gasteiger partial charge on any atom is -0.481 e. The van der Waals surface area contributed by atoms with Crippen LogP contribution in [0.3, 0.4) is 0 Å². The van der Waals surface area contributed by atoms with E-state index in [9.17, 15) is 14.4 Å². The maximum atomic E-state index is 12.6. The summed E-state index contributed by atoms with van der Waals surface area (Å²) in [5.41, 5.74) is 4.56. The lowest BCUT2D eigenvalue weighted by atomic mass is 9.98. The van der Waals surface area contributed by atoms with Gasteiger partial charge in [0.25, 0.3) is 0 Å². The summed E-state index contributed by atoms with van der Waals surface area (Å²) >= 11 is 0. The SMILES string of the molecule is C[C@@H](NC(=O)OCC1c2ccccc2-c2ccccc21)C(=O)N1CCC(CC(=O)O)C1. The van der Waals surface area contributed by atoms with E-state index >= 15 is 0 Å². The number of hydrogen-bond acceptors (Lipinski definition) is 4. The Morgan fingerprint density at radius 2 is 1.71 bits per heavy atom. The number of nitrogens with one attached hydrogen (secondary N) is 1. The number of amides is 2. The molecule has 31 heavy (non-hydrogen) atoms. The van der Waals surface area contributed by atoms with E-state index in [1.54, 1.807) is 11.8 Å². The molecule has 1 heterocycles. The first-order chi connectivity index (χ1) is 14.9. The van der Waals surface area contributed by atoms with Crippen LogP contribution in [-0.2, 0) is 14.3 Å². The summed E-state index contributed by atoms with van der Waals surface area (Å²) in [6, 6.07) is 15.5. The molecular weight excluding hydrogens is 396 g/mol. The fourth-order valence-corrected chi connectivity index (χ4v) is 4.60. The molecule has 7 nitrogen and oxygen atoms in total. The first-order valence-corrected chi connectivity index (χ1v) is 10.6. The van der Waals surface area contributed by atoms with E-state index in [2.05, 4.69) is 17.4 Å². The molecule has 1 saturated heterocycles. The van der Waals surface area contributed by atoms with Gasteiger partial charge in [-0.25, -0.2) is 4.79 Å². The maximum absolute atomic E-state index is 12.6. The van der Waals surface area contributed by atoms with Gasteiger partial charge in [0, 0.05) is 25.4 Å². The van der Waals surface area contributed by atoms with Crippen molar-refractivity contribution in [2.45, 2.75) is 31.7 Å². The van der Waals surface area contributed by atoms with Crippen LogP contribution in [0.2, 0.25) is 0 Å². The highest BCUT2D eigenvalue weighted by atomic mass is 16.5. The summed E-state index contributed by atoms with van der Waals surface area (Å²) < 4.78 is 5.50. The molecule has 2 N–H and O–H groups in total. The first kappa shape index (κ1) is 20.9. The summed E-state index contributed by atoms with van der Waals surface area (Å²) in [5.74, 6) is -1.16. The highest BCUT2D eigenvalue weighted by molar-refractivity contribution is 5.85. The summed E-state index contributed by atoms with van der Waals surface area (Å²) in [6.45, 7) is 2.72. The number of nitrogens with zero attached hydrogens (tertiary/aromatic N) is 1. The predicted octanol–water partition coefficient (Wildman–Crippen LogP) is 3.24. The number of rotatable bonds is 6. The van der Waals surface area contributed by atoms with Crippen molar-refractivity contribution in [1.82, 2.24) is 10.2 Å². The van der Waals surface area contributed by atoms with Crippen LogP contribution in [0.4, 0.5) is 4.79 Å². The Morgan fingerprint density at radius 3 is 2.32 bits per heavy atom. The highest BCUT2D eigenvalue weighted by Crippen LogP contribution is 2.44. The lowest BCUT2D eigenvalue weighted by Gasteiger charge is -2.22. The van der Waals surface area contributed by atoms with Gasteiger partial charge < -0.3 is 20.1 Å². The summed E-state index contributed by atoms with van der Waals surface area (Å²) in [4.78, 5) is 37.5. The number of carboxylic acids is 1. The second kappa shape index (κ2) is 8.79. The van der Waals surface area contributed by atoms with Crippen LogP contribution in [0.25, 0.3) is 11.1 Å². The van der Waals surface area contributed by atoms with Gasteiger partial charge in [0.15, 0.2) is 0 Å². The monoisotopic (exact) mass is 422 g/mol. The van der Waals surface area contributed by atoms with E-state index in [0.717, 1.165) is 22.3 Å². The Morgan fingerprint density at radius 1 is 1.10 bits per heavy atom. The minimum atomic E-state index is -0.857. The van der Waals surface area contributed by atoms with Crippen LogP contribution >= 0.6 is 0 Å². The Hall–Kier alpha value is -3.35. The molecule has 0 spiro atoms. The molecule has 2 aromatic carbocycles. The molecule has 1 unspecified atom stereocenters. The molecule has 0 aromatic heterocycles. The third kappa shape index (κ3) is 4.40. The normalized spacial score (nSPS) is 18.2. The molecule has 2 aromatic rings. The highest BCUT2D eigenvalue weighted by Gasteiger charge is 2.32. The first-order valence-electron chi connectivity index (χ1n) is 10.6. The van der Waals surface area contributed by atoms with Crippen molar-refractivity contribution < 1.29 is 24.2 Å². The number of fused-ring (bicyclic) bond motifs is 3. The molecule has 2 amide bonds. The Labute approximate surface area is 181 Å². The number of carbonyl (C=O) groups excluding carboxylic acids is 2. The molecule has 7 heteroatoms. The topological polar surface area (TPSA) is 95.9 Å². The summed E-state index contributed by atoms with van der Waals surface area (Å²) in [7, 11) is 0. The van der Waals surface area contributed by atoms with Gasteiger partial charge in [0.05, 0.1) is 0 Å². The van der Waals surface area contributed by atoms with Gasteiger partial charge in [0.2, 0.25) is 5.91 Å². The Bertz CT molecular complexity index is 959. The van der Waals surface area contributed by atoms with E-state index in [4.69, 9.17) is 9.84 Å². The standard InChI is InChI=1S/C24H26N2O5/c1-15(23(29)26-11-10-16(13-26)12-22(27)28)25-24(30)31-14-21-19-8-4-2-6-17(19)18-7-3-5-9-20(18)21/h2-9,15-16,21H,10-14H2,1H3,(H,25,30)(H,27,28)/t15-,16?/m1/s1.